The van der Waals surface area contributed by atoms with Crippen LogP contribution >= 0.6 is 24.0 Å². The maximum absolute atomic E-state index is 13.1. The van der Waals surface area contributed by atoms with Crippen molar-refractivity contribution in [1.29, 1.82) is 0 Å². The van der Waals surface area contributed by atoms with E-state index in [4.69, 9.17) is 0 Å². The molecule has 3 N–H and O–H groups in total. The molecule has 9 heteroatoms. The van der Waals surface area contributed by atoms with E-state index in [2.05, 4.69) is 15.6 Å². The number of nitrogens with one attached hydrogen (secondary N) is 2. The minimum atomic E-state index is -4.63. The van der Waals surface area contributed by atoms with Gasteiger partial charge in [-0.15, -0.1) is 24.0 Å². The lowest BCUT2D eigenvalue weighted by Gasteiger charge is -2.18. The average Bonchev–Trinajstić information content (AvgIpc) is 2.95. The monoisotopic (exact) mass is 489 g/mol. The van der Waals surface area contributed by atoms with Gasteiger partial charge in [-0.3, -0.25) is 0 Å². The van der Waals surface area contributed by atoms with E-state index in [9.17, 15) is 22.7 Å². The molecule has 4 nitrogen and oxygen atoms in total. The van der Waals surface area contributed by atoms with Crippen molar-refractivity contribution >= 4 is 29.9 Å². The third-order valence-electron chi connectivity index (χ3n) is 4.28. The largest absolute Gasteiger partial charge is 0.416 e. The lowest BCUT2D eigenvalue weighted by molar-refractivity contribution is -0.138. The second-order valence-corrected chi connectivity index (χ2v) is 6.13. The normalized spacial score (nSPS) is 20.6. The number of aliphatic hydroxyl groups excluding tert-OH is 1. The molecule has 148 valence electrons. The van der Waals surface area contributed by atoms with E-state index < -0.39 is 17.6 Å². The minimum absolute atomic E-state index is 0. The molecular formula is C17H24F4IN3O. The first kappa shape index (κ1) is 22.9. The molecule has 0 heterocycles. The Morgan fingerprint density at radius 2 is 2.00 bits per heavy atom. The highest BCUT2D eigenvalue weighted by Crippen LogP contribution is 2.32. The van der Waals surface area contributed by atoms with Gasteiger partial charge in [0.25, 0.3) is 0 Å². The van der Waals surface area contributed by atoms with Crippen molar-refractivity contribution in [2.75, 3.05) is 13.1 Å². The summed E-state index contributed by atoms with van der Waals surface area (Å²) in [4.78, 5) is 4.16. The molecule has 0 spiro atoms. The van der Waals surface area contributed by atoms with Crippen LogP contribution in [0.4, 0.5) is 17.6 Å². The van der Waals surface area contributed by atoms with E-state index in [0.717, 1.165) is 31.4 Å². The average molecular weight is 489 g/mol. The third kappa shape index (κ3) is 6.57. The Labute approximate surface area is 167 Å². The van der Waals surface area contributed by atoms with Gasteiger partial charge in [0, 0.05) is 19.0 Å². The van der Waals surface area contributed by atoms with Crippen molar-refractivity contribution in [2.45, 2.75) is 45.0 Å². The summed E-state index contributed by atoms with van der Waals surface area (Å²) in [5.41, 5.74) is -1.11. The summed E-state index contributed by atoms with van der Waals surface area (Å²) in [6.45, 7) is 2.68. The number of guanidine groups is 1. The van der Waals surface area contributed by atoms with Gasteiger partial charge in [-0.05, 0) is 37.5 Å². The maximum Gasteiger partial charge on any atom is 0.416 e. The van der Waals surface area contributed by atoms with Crippen molar-refractivity contribution in [2.24, 2.45) is 10.9 Å². The smallest absolute Gasteiger partial charge is 0.393 e. The fourth-order valence-corrected chi connectivity index (χ4v) is 2.94. The highest BCUT2D eigenvalue weighted by Gasteiger charge is 2.33. The van der Waals surface area contributed by atoms with Crippen LogP contribution in [0.1, 0.15) is 37.3 Å². The predicted molar refractivity (Wildman–Crippen MR) is 103 cm³/mol. The van der Waals surface area contributed by atoms with Gasteiger partial charge in [0.1, 0.15) is 5.82 Å². The number of aliphatic imine (C=N–C) groups is 1. The number of alkyl halides is 3. The van der Waals surface area contributed by atoms with Crippen LogP contribution in [0, 0.1) is 11.7 Å². The fraction of sp³-hybridized carbons (Fsp3) is 0.588. The van der Waals surface area contributed by atoms with Crippen molar-refractivity contribution in [3.8, 4) is 0 Å². The Balaban J connectivity index is 0.00000338. The number of nitrogens with zero attached hydrogens (tertiary/aromatic N) is 1. The molecule has 2 atom stereocenters. The molecule has 0 radical (unpaired) electrons. The Bertz CT molecular complexity index is 610. The molecule has 26 heavy (non-hydrogen) atoms. The van der Waals surface area contributed by atoms with Gasteiger partial charge >= 0.3 is 6.18 Å². The van der Waals surface area contributed by atoms with E-state index in [1.54, 1.807) is 0 Å². The zero-order valence-corrected chi connectivity index (χ0v) is 16.8. The lowest BCUT2D eigenvalue weighted by atomic mass is 10.1. The first-order valence-electron chi connectivity index (χ1n) is 8.37. The molecule has 1 aromatic carbocycles. The molecule has 1 saturated carbocycles. The maximum atomic E-state index is 13.1. The molecule has 2 unspecified atom stereocenters. The van der Waals surface area contributed by atoms with Crippen LogP contribution in [-0.4, -0.2) is 30.3 Å². The van der Waals surface area contributed by atoms with Gasteiger partial charge in [-0.2, -0.15) is 13.2 Å². The Hall–Kier alpha value is -1.10. The summed E-state index contributed by atoms with van der Waals surface area (Å²) in [6.07, 6.45) is -2.35. The number of aliphatic hydroxyl groups is 1. The predicted octanol–water partition coefficient (Wildman–Crippen LogP) is 3.68. The van der Waals surface area contributed by atoms with Crippen molar-refractivity contribution in [1.82, 2.24) is 10.6 Å². The number of benzene rings is 1. The quantitative estimate of drug-likeness (QED) is 0.256. The third-order valence-corrected chi connectivity index (χ3v) is 4.28. The second kappa shape index (κ2) is 10.3. The van der Waals surface area contributed by atoms with Gasteiger partial charge < -0.3 is 15.7 Å². The molecule has 1 fully saturated rings. The highest BCUT2D eigenvalue weighted by atomic mass is 127. The van der Waals surface area contributed by atoms with Crippen LogP contribution in [0.3, 0.4) is 0 Å². The van der Waals surface area contributed by atoms with Crippen LogP contribution in [0.15, 0.2) is 23.2 Å². The highest BCUT2D eigenvalue weighted by molar-refractivity contribution is 14.0. The van der Waals surface area contributed by atoms with Gasteiger partial charge in [0.2, 0.25) is 0 Å². The number of rotatable bonds is 5. The number of hydrogen-bond donors (Lipinski definition) is 3. The Kier molecular flexibility index (Phi) is 9.08. The van der Waals surface area contributed by atoms with Crippen LogP contribution in [0.5, 0.6) is 0 Å². The van der Waals surface area contributed by atoms with E-state index in [1.807, 2.05) is 6.92 Å². The van der Waals surface area contributed by atoms with Crippen LogP contribution in [-0.2, 0) is 12.7 Å². The Morgan fingerprint density at radius 3 is 2.58 bits per heavy atom. The number of halogens is 5. The summed E-state index contributed by atoms with van der Waals surface area (Å²) in [7, 11) is 0. The van der Waals surface area contributed by atoms with Crippen molar-refractivity contribution in [3.05, 3.63) is 35.1 Å². The molecule has 1 aliphatic carbocycles. The zero-order chi connectivity index (χ0) is 18.4. The molecule has 1 aliphatic rings. The van der Waals surface area contributed by atoms with Gasteiger partial charge in [0.05, 0.1) is 18.2 Å². The van der Waals surface area contributed by atoms with Gasteiger partial charge in [-0.25, -0.2) is 9.38 Å². The first-order valence-corrected chi connectivity index (χ1v) is 8.37. The first-order chi connectivity index (χ1) is 11.8. The van der Waals surface area contributed by atoms with Gasteiger partial charge in [0.15, 0.2) is 5.96 Å². The summed E-state index contributed by atoms with van der Waals surface area (Å²) < 4.78 is 52.2. The SMILES string of the molecule is CCNC(=NCc1ccc(F)cc1C(F)(F)F)NCC1CCCC1O.I. The molecule has 0 saturated heterocycles. The van der Waals surface area contributed by atoms with Crippen LogP contribution in [0.25, 0.3) is 0 Å². The summed E-state index contributed by atoms with van der Waals surface area (Å²) >= 11 is 0. The zero-order valence-electron chi connectivity index (χ0n) is 14.4. The Morgan fingerprint density at radius 1 is 1.27 bits per heavy atom. The minimum Gasteiger partial charge on any atom is -0.393 e. The molecule has 0 bridgehead atoms. The van der Waals surface area contributed by atoms with Crippen molar-refractivity contribution in [3.63, 3.8) is 0 Å². The summed E-state index contributed by atoms with van der Waals surface area (Å²) in [5, 5.41) is 15.9. The van der Waals surface area contributed by atoms with E-state index >= 15 is 0 Å². The summed E-state index contributed by atoms with van der Waals surface area (Å²) in [6, 6.07) is 2.58. The molecular weight excluding hydrogens is 465 g/mol. The van der Waals surface area contributed by atoms with Crippen LogP contribution < -0.4 is 10.6 Å². The fourth-order valence-electron chi connectivity index (χ4n) is 2.94. The topological polar surface area (TPSA) is 56.7 Å². The summed E-state index contributed by atoms with van der Waals surface area (Å²) in [5.74, 6) is -0.445. The number of hydrogen-bond acceptors (Lipinski definition) is 2. The molecule has 0 aromatic heterocycles. The molecule has 1 aromatic rings. The molecule has 0 aliphatic heterocycles. The van der Waals surface area contributed by atoms with E-state index in [0.29, 0.717) is 25.1 Å². The van der Waals surface area contributed by atoms with E-state index in [-0.39, 0.29) is 48.1 Å². The lowest BCUT2D eigenvalue weighted by Crippen LogP contribution is -2.41. The van der Waals surface area contributed by atoms with E-state index in [1.165, 1.54) is 0 Å². The second-order valence-electron chi connectivity index (χ2n) is 6.13. The molecule has 2 rings (SSSR count). The van der Waals surface area contributed by atoms with Crippen molar-refractivity contribution < 1.29 is 22.7 Å². The van der Waals surface area contributed by atoms with Crippen LogP contribution in [0.2, 0.25) is 0 Å². The standard InChI is InChI=1S/C17H23F4N3O.HI/c1-2-22-16(24-10-12-4-3-5-15(12)25)23-9-11-6-7-13(18)8-14(11)17(19,20)21;/h6-8,12,15,25H,2-5,9-10H2,1H3,(H2,22,23,24);1H. The molecule has 0 amide bonds. The van der Waals surface area contributed by atoms with Gasteiger partial charge in [-0.1, -0.05) is 12.5 Å².